The highest BCUT2D eigenvalue weighted by atomic mass is 79.9. The zero-order chi connectivity index (χ0) is 13.2. The normalized spacial score (nSPS) is 17.3. The summed E-state index contributed by atoms with van der Waals surface area (Å²) in [4.78, 5) is 1.37. The molecule has 0 saturated heterocycles. The Hall–Kier alpha value is -1.000. The van der Waals surface area contributed by atoms with Crippen molar-refractivity contribution >= 4 is 33.4 Å². The van der Waals surface area contributed by atoms with Crippen molar-refractivity contribution < 1.29 is 4.39 Å². The molecule has 1 aliphatic heterocycles. The number of rotatable bonds is 3. The molecule has 1 atom stereocenters. The van der Waals surface area contributed by atoms with E-state index in [4.69, 9.17) is 0 Å². The van der Waals surface area contributed by atoms with Crippen LogP contribution in [0.1, 0.15) is 5.56 Å². The third-order valence-electron chi connectivity index (χ3n) is 3.17. The van der Waals surface area contributed by atoms with E-state index in [0.717, 1.165) is 18.7 Å². The summed E-state index contributed by atoms with van der Waals surface area (Å²) in [5.74, 6) is -0.229. The molecular weight excluding hydrogens is 325 g/mol. The lowest BCUT2D eigenvalue weighted by atomic mass is 10.1. The van der Waals surface area contributed by atoms with E-state index in [0.29, 0.717) is 9.72 Å². The van der Waals surface area contributed by atoms with Gasteiger partial charge in [-0.2, -0.15) is 0 Å². The van der Waals surface area contributed by atoms with Crippen molar-refractivity contribution in [1.29, 1.82) is 0 Å². The van der Waals surface area contributed by atoms with Crippen LogP contribution in [0.4, 0.5) is 10.1 Å². The molecule has 0 spiro atoms. The van der Waals surface area contributed by atoms with Crippen LogP contribution in [0, 0.1) is 5.82 Å². The van der Waals surface area contributed by atoms with Gasteiger partial charge in [0, 0.05) is 22.4 Å². The summed E-state index contributed by atoms with van der Waals surface area (Å²) in [6, 6.07) is 13.6. The molecule has 2 aromatic rings. The molecule has 1 heterocycles. The van der Waals surface area contributed by atoms with Gasteiger partial charge in [0.15, 0.2) is 0 Å². The van der Waals surface area contributed by atoms with E-state index in [-0.39, 0.29) is 5.82 Å². The van der Waals surface area contributed by atoms with Crippen molar-refractivity contribution in [2.75, 3.05) is 11.9 Å². The van der Waals surface area contributed by atoms with Gasteiger partial charge in [0.05, 0.1) is 4.47 Å². The fourth-order valence-electron chi connectivity index (χ4n) is 2.21. The van der Waals surface area contributed by atoms with Gasteiger partial charge in [-0.15, -0.1) is 11.8 Å². The van der Waals surface area contributed by atoms with E-state index in [2.05, 4.69) is 45.5 Å². The summed E-state index contributed by atoms with van der Waals surface area (Å²) < 4.78 is 13.9. The Morgan fingerprint density at radius 1 is 1.26 bits per heavy atom. The molecule has 1 unspecified atom stereocenters. The Bertz CT molecular complexity index is 577. The smallest absolute Gasteiger partial charge is 0.139 e. The summed E-state index contributed by atoms with van der Waals surface area (Å²) in [5, 5.41) is 3.83. The first kappa shape index (κ1) is 13.0. The third kappa shape index (κ3) is 2.95. The number of anilines is 1. The van der Waals surface area contributed by atoms with Crippen molar-refractivity contribution in [3.63, 3.8) is 0 Å². The fraction of sp³-hybridized carbons (Fsp3) is 0.200. The van der Waals surface area contributed by atoms with Crippen LogP contribution in [-0.2, 0) is 6.42 Å². The maximum Gasteiger partial charge on any atom is 0.139 e. The van der Waals surface area contributed by atoms with Gasteiger partial charge in [-0.25, -0.2) is 4.39 Å². The zero-order valence-corrected chi connectivity index (χ0v) is 12.6. The zero-order valence-electron chi connectivity index (χ0n) is 10.2. The second-order valence-electron chi connectivity index (χ2n) is 4.56. The van der Waals surface area contributed by atoms with Gasteiger partial charge in [-0.1, -0.05) is 18.2 Å². The molecule has 0 fully saturated rings. The lowest BCUT2D eigenvalue weighted by Crippen LogP contribution is -2.15. The molecule has 1 nitrogen and oxygen atoms in total. The molecule has 2 aromatic carbocycles. The third-order valence-corrected chi connectivity index (χ3v) is 5.13. The Morgan fingerprint density at radius 2 is 2.11 bits per heavy atom. The second kappa shape index (κ2) is 5.55. The molecule has 0 aliphatic carbocycles. The maximum absolute atomic E-state index is 13.4. The first-order valence-corrected chi connectivity index (χ1v) is 7.83. The van der Waals surface area contributed by atoms with Crippen LogP contribution in [0.15, 0.2) is 51.8 Å². The standard InChI is InChI=1S/C15H13BrFNS/c16-13-6-5-11(8-14(13)17)18-9-12-7-10-3-1-2-4-15(10)19-12/h1-6,8,12,18H,7,9H2. The molecule has 3 rings (SSSR count). The minimum Gasteiger partial charge on any atom is -0.384 e. The monoisotopic (exact) mass is 337 g/mol. The van der Waals surface area contributed by atoms with Crippen molar-refractivity contribution in [2.24, 2.45) is 0 Å². The molecular formula is C15H13BrFNS. The molecule has 4 heteroatoms. The van der Waals surface area contributed by atoms with E-state index in [1.54, 1.807) is 6.07 Å². The van der Waals surface area contributed by atoms with Crippen LogP contribution in [0.5, 0.6) is 0 Å². The largest absolute Gasteiger partial charge is 0.384 e. The molecule has 0 radical (unpaired) electrons. The molecule has 1 aliphatic rings. The average Bonchev–Trinajstić information content (AvgIpc) is 2.83. The highest BCUT2D eigenvalue weighted by Crippen LogP contribution is 2.36. The first-order chi connectivity index (χ1) is 9.22. The van der Waals surface area contributed by atoms with Crippen molar-refractivity contribution in [3.05, 3.63) is 58.3 Å². The average molecular weight is 338 g/mol. The van der Waals surface area contributed by atoms with Gasteiger partial charge in [-0.3, -0.25) is 0 Å². The molecule has 98 valence electrons. The minimum atomic E-state index is -0.229. The Labute approximate surface area is 124 Å². The summed E-state index contributed by atoms with van der Waals surface area (Å²) in [6.07, 6.45) is 1.08. The van der Waals surface area contributed by atoms with Crippen LogP contribution in [0.2, 0.25) is 0 Å². The molecule has 0 bridgehead atoms. The SMILES string of the molecule is Fc1cc(NCC2Cc3ccccc3S2)ccc1Br. The van der Waals surface area contributed by atoms with Crippen LogP contribution in [-0.4, -0.2) is 11.8 Å². The van der Waals surface area contributed by atoms with E-state index < -0.39 is 0 Å². The van der Waals surface area contributed by atoms with E-state index in [1.165, 1.54) is 16.5 Å². The van der Waals surface area contributed by atoms with E-state index in [9.17, 15) is 4.39 Å². The van der Waals surface area contributed by atoms with Gasteiger partial charge >= 0.3 is 0 Å². The van der Waals surface area contributed by atoms with Gasteiger partial charge in [0.1, 0.15) is 5.82 Å². The number of fused-ring (bicyclic) bond motifs is 1. The number of hydrogen-bond acceptors (Lipinski definition) is 2. The van der Waals surface area contributed by atoms with Crippen molar-refractivity contribution in [2.45, 2.75) is 16.6 Å². The van der Waals surface area contributed by atoms with Gasteiger partial charge < -0.3 is 5.32 Å². The van der Waals surface area contributed by atoms with Crippen LogP contribution in [0.25, 0.3) is 0 Å². The summed E-state index contributed by atoms with van der Waals surface area (Å²) >= 11 is 5.06. The highest BCUT2D eigenvalue weighted by Gasteiger charge is 2.21. The van der Waals surface area contributed by atoms with Gasteiger partial charge in [0.25, 0.3) is 0 Å². The molecule has 0 amide bonds. The fourth-order valence-corrected chi connectivity index (χ4v) is 3.70. The molecule has 0 saturated carbocycles. The topological polar surface area (TPSA) is 12.0 Å². The Balaban J connectivity index is 1.61. The number of benzene rings is 2. The lowest BCUT2D eigenvalue weighted by Gasteiger charge is -2.11. The molecule has 0 aromatic heterocycles. The predicted molar refractivity (Wildman–Crippen MR) is 82.4 cm³/mol. The maximum atomic E-state index is 13.4. The highest BCUT2D eigenvalue weighted by molar-refractivity contribution is 9.10. The lowest BCUT2D eigenvalue weighted by molar-refractivity contribution is 0.621. The minimum absolute atomic E-state index is 0.229. The number of nitrogens with one attached hydrogen (secondary N) is 1. The van der Waals surface area contributed by atoms with Crippen molar-refractivity contribution in [3.8, 4) is 0 Å². The number of halogens is 2. The first-order valence-electron chi connectivity index (χ1n) is 6.16. The van der Waals surface area contributed by atoms with Gasteiger partial charge in [-0.05, 0) is 52.2 Å². The van der Waals surface area contributed by atoms with E-state index in [1.807, 2.05) is 17.8 Å². The summed E-state index contributed by atoms with van der Waals surface area (Å²) in [5.41, 5.74) is 2.25. The molecule has 19 heavy (non-hydrogen) atoms. The quantitative estimate of drug-likeness (QED) is 0.869. The number of hydrogen-bond donors (Lipinski definition) is 1. The molecule has 1 N–H and O–H groups in total. The van der Waals surface area contributed by atoms with Crippen molar-refractivity contribution in [1.82, 2.24) is 0 Å². The predicted octanol–water partition coefficient (Wildman–Crippen LogP) is 4.72. The van der Waals surface area contributed by atoms with E-state index >= 15 is 0 Å². The number of thioether (sulfide) groups is 1. The second-order valence-corrected chi connectivity index (χ2v) is 6.76. The summed E-state index contributed by atoms with van der Waals surface area (Å²) in [6.45, 7) is 0.848. The summed E-state index contributed by atoms with van der Waals surface area (Å²) in [7, 11) is 0. The Kier molecular flexibility index (Phi) is 3.80. The Morgan fingerprint density at radius 3 is 2.89 bits per heavy atom. The van der Waals surface area contributed by atoms with Crippen LogP contribution < -0.4 is 5.32 Å². The van der Waals surface area contributed by atoms with Crippen LogP contribution in [0.3, 0.4) is 0 Å². The van der Waals surface area contributed by atoms with Crippen LogP contribution >= 0.6 is 27.7 Å². The van der Waals surface area contributed by atoms with Gasteiger partial charge in [0.2, 0.25) is 0 Å².